The normalized spacial score (nSPS) is 15.8. The quantitative estimate of drug-likeness (QED) is 0.380. The van der Waals surface area contributed by atoms with Crippen LogP contribution in [0.1, 0.15) is 29.8 Å². The summed E-state index contributed by atoms with van der Waals surface area (Å²) in [4.78, 5) is 11.0. The molecule has 1 atom stereocenters. The first kappa shape index (κ1) is 23.3. The van der Waals surface area contributed by atoms with Crippen molar-refractivity contribution in [3.8, 4) is 11.5 Å². The fourth-order valence-electron chi connectivity index (χ4n) is 3.82. The van der Waals surface area contributed by atoms with Gasteiger partial charge in [-0.3, -0.25) is 4.98 Å². The number of aromatic nitrogens is 1. The van der Waals surface area contributed by atoms with Crippen LogP contribution >= 0.6 is 0 Å². The van der Waals surface area contributed by atoms with Crippen molar-refractivity contribution in [2.24, 2.45) is 10.1 Å². The average molecular weight is 460 g/mol. The zero-order valence-electron chi connectivity index (χ0n) is 20.1. The van der Waals surface area contributed by atoms with Crippen molar-refractivity contribution >= 4 is 17.4 Å². The Morgan fingerprint density at radius 2 is 1.82 bits per heavy atom. The molecule has 1 aliphatic rings. The predicted octanol–water partition coefficient (Wildman–Crippen LogP) is 4.60. The summed E-state index contributed by atoms with van der Waals surface area (Å²) in [5, 5.41) is 6.58. The molecule has 8 heteroatoms. The number of amidine groups is 1. The number of nitrogens with zero attached hydrogens (tertiary/aromatic N) is 5. The third-order valence-corrected chi connectivity index (χ3v) is 5.33. The van der Waals surface area contributed by atoms with Gasteiger partial charge in [0.25, 0.3) is 0 Å². The first-order valence-electron chi connectivity index (χ1n) is 10.9. The van der Waals surface area contributed by atoms with Crippen molar-refractivity contribution < 1.29 is 14.2 Å². The molecule has 0 fully saturated rings. The highest BCUT2D eigenvalue weighted by Gasteiger charge is 2.35. The molecule has 0 radical (unpaired) electrons. The molecule has 0 bridgehead atoms. The molecule has 8 nitrogen and oxygen atoms in total. The summed E-state index contributed by atoms with van der Waals surface area (Å²) >= 11 is 0. The van der Waals surface area contributed by atoms with E-state index < -0.39 is 6.23 Å². The van der Waals surface area contributed by atoms with E-state index in [1.54, 1.807) is 31.6 Å². The Hall–Kier alpha value is -3.91. The molecule has 0 N–H and O–H groups in total. The second-order valence-corrected chi connectivity index (χ2v) is 8.09. The number of para-hydroxylation sites is 1. The predicted molar refractivity (Wildman–Crippen MR) is 133 cm³/mol. The third kappa shape index (κ3) is 5.02. The van der Waals surface area contributed by atoms with Crippen LogP contribution in [-0.4, -0.2) is 54.9 Å². The van der Waals surface area contributed by atoms with Crippen LogP contribution in [0.3, 0.4) is 0 Å². The Bertz CT molecular complexity index is 1190. The standard InChI is InChI=1S/C26H29N5O3/c1-18(28-21-9-7-10-22(16-21)32-4)31-26(34-25(29-31)19-12-14-27-15-13-19)23-11-6-8-20(17-30(2)3)24(23)33-5/h6-16,26H,17H2,1-5H3. The summed E-state index contributed by atoms with van der Waals surface area (Å²) in [5.41, 5.74) is 3.53. The number of ether oxygens (including phenoxy) is 3. The van der Waals surface area contributed by atoms with Gasteiger partial charge >= 0.3 is 0 Å². The second kappa shape index (κ2) is 10.4. The molecule has 0 saturated heterocycles. The van der Waals surface area contributed by atoms with Gasteiger partial charge in [-0.1, -0.05) is 18.2 Å². The van der Waals surface area contributed by atoms with Crippen LogP contribution in [0.2, 0.25) is 0 Å². The number of hydrogen-bond donors (Lipinski definition) is 0. The highest BCUT2D eigenvalue weighted by Crippen LogP contribution is 2.38. The topological polar surface area (TPSA) is 71.8 Å². The van der Waals surface area contributed by atoms with Crippen molar-refractivity contribution in [1.82, 2.24) is 14.9 Å². The Morgan fingerprint density at radius 3 is 2.53 bits per heavy atom. The van der Waals surface area contributed by atoms with E-state index in [4.69, 9.17) is 24.3 Å². The van der Waals surface area contributed by atoms with E-state index in [0.29, 0.717) is 11.7 Å². The first-order chi connectivity index (χ1) is 16.5. The van der Waals surface area contributed by atoms with Crippen LogP contribution in [0.15, 0.2) is 77.1 Å². The summed E-state index contributed by atoms with van der Waals surface area (Å²) in [6, 6.07) is 17.4. The second-order valence-electron chi connectivity index (χ2n) is 8.09. The summed E-state index contributed by atoms with van der Waals surface area (Å²) in [6.07, 6.45) is 2.89. The molecule has 1 unspecified atom stereocenters. The summed E-state index contributed by atoms with van der Waals surface area (Å²) in [7, 11) is 7.37. The third-order valence-electron chi connectivity index (χ3n) is 5.33. The van der Waals surface area contributed by atoms with Crippen LogP contribution in [0.4, 0.5) is 5.69 Å². The van der Waals surface area contributed by atoms with Gasteiger partial charge in [0.15, 0.2) is 0 Å². The SMILES string of the molecule is COc1cccc(N=C(C)N2N=C(c3ccncc3)OC2c2cccc(CN(C)C)c2OC)c1. The molecule has 2 heterocycles. The Labute approximate surface area is 200 Å². The zero-order chi connectivity index (χ0) is 24.1. The maximum atomic E-state index is 6.40. The van der Waals surface area contributed by atoms with Gasteiger partial charge in [-0.25, -0.2) is 10.0 Å². The number of aliphatic imine (C=N–C) groups is 1. The van der Waals surface area contributed by atoms with Crippen LogP contribution in [0.25, 0.3) is 0 Å². The molecule has 1 aromatic heterocycles. The fourth-order valence-corrected chi connectivity index (χ4v) is 3.82. The van der Waals surface area contributed by atoms with E-state index in [-0.39, 0.29) is 0 Å². The minimum Gasteiger partial charge on any atom is -0.497 e. The molecule has 34 heavy (non-hydrogen) atoms. The highest BCUT2D eigenvalue weighted by molar-refractivity contribution is 5.97. The van der Waals surface area contributed by atoms with E-state index in [2.05, 4.69) is 16.0 Å². The lowest BCUT2D eigenvalue weighted by molar-refractivity contribution is 0.107. The molecule has 176 valence electrons. The van der Waals surface area contributed by atoms with Gasteiger partial charge in [-0.05, 0) is 51.4 Å². The smallest absolute Gasteiger partial charge is 0.241 e. The molecule has 0 saturated carbocycles. The molecule has 0 amide bonds. The molecule has 0 spiro atoms. The van der Waals surface area contributed by atoms with Crippen molar-refractivity contribution in [2.75, 3.05) is 28.3 Å². The molecular weight excluding hydrogens is 430 g/mol. The number of methoxy groups -OCH3 is 2. The van der Waals surface area contributed by atoms with Crippen molar-refractivity contribution in [2.45, 2.75) is 19.7 Å². The van der Waals surface area contributed by atoms with Gasteiger partial charge in [-0.15, -0.1) is 5.10 Å². The highest BCUT2D eigenvalue weighted by atomic mass is 16.5. The van der Waals surface area contributed by atoms with Gasteiger partial charge in [0.2, 0.25) is 12.1 Å². The van der Waals surface area contributed by atoms with Crippen LogP contribution in [0, 0.1) is 0 Å². The summed E-state index contributed by atoms with van der Waals surface area (Å²) < 4.78 is 17.6. The van der Waals surface area contributed by atoms with Gasteiger partial charge < -0.3 is 19.1 Å². The first-order valence-corrected chi connectivity index (χ1v) is 10.9. The van der Waals surface area contributed by atoms with Crippen LogP contribution < -0.4 is 9.47 Å². The molecule has 1 aliphatic heterocycles. The number of pyridine rings is 1. The minimum absolute atomic E-state index is 0.493. The molecule has 4 rings (SSSR count). The van der Waals surface area contributed by atoms with Gasteiger partial charge in [0, 0.05) is 36.1 Å². The van der Waals surface area contributed by atoms with E-state index in [0.717, 1.165) is 40.4 Å². The van der Waals surface area contributed by atoms with Crippen LogP contribution in [0.5, 0.6) is 11.5 Å². The van der Waals surface area contributed by atoms with E-state index in [9.17, 15) is 0 Å². The van der Waals surface area contributed by atoms with Gasteiger partial charge in [0.05, 0.1) is 25.5 Å². The Balaban J connectivity index is 1.77. The Morgan fingerprint density at radius 1 is 1.06 bits per heavy atom. The average Bonchev–Trinajstić information content (AvgIpc) is 3.30. The molecular formula is C26H29N5O3. The molecule has 0 aliphatic carbocycles. The monoisotopic (exact) mass is 459 g/mol. The zero-order valence-corrected chi connectivity index (χ0v) is 20.1. The van der Waals surface area contributed by atoms with Crippen molar-refractivity contribution in [1.29, 1.82) is 0 Å². The lowest BCUT2D eigenvalue weighted by Crippen LogP contribution is -2.26. The number of rotatable bonds is 7. The maximum absolute atomic E-state index is 6.40. The molecule has 3 aromatic rings. The summed E-state index contributed by atoms with van der Waals surface area (Å²) in [6.45, 7) is 2.64. The Kier molecular flexibility index (Phi) is 7.08. The largest absolute Gasteiger partial charge is 0.497 e. The minimum atomic E-state index is -0.547. The maximum Gasteiger partial charge on any atom is 0.241 e. The van der Waals surface area contributed by atoms with Crippen molar-refractivity contribution in [3.05, 3.63) is 83.7 Å². The fraction of sp³-hybridized carbons (Fsp3) is 0.269. The number of hydrogen-bond acceptors (Lipinski definition) is 7. The van der Waals surface area contributed by atoms with Gasteiger partial charge in [0.1, 0.15) is 17.3 Å². The number of hydrazone groups is 1. The number of benzene rings is 2. The van der Waals surface area contributed by atoms with E-state index >= 15 is 0 Å². The van der Waals surface area contributed by atoms with Crippen molar-refractivity contribution in [3.63, 3.8) is 0 Å². The molecule has 2 aromatic carbocycles. The van der Waals surface area contributed by atoms with E-state index in [1.165, 1.54) is 0 Å². The lowest BCUT2D eigenvalue weighted by Gasteiger charge is -2.25. The van der Waals surface area contributed by atoms with Gasteiger partial charge in [-0.2, -0.15) is 0 Å². The van der Waals surface area contributed by atoms with Crippen LogP contribution in [-0.2, 0) is 11.3 Å². The lowest BCUT2D eigenvalue weighted by atomic mass is 10.1. The summed E-state index contributed by atoms with van der Waals surface area (Å²) in [5.74, 6) is 2.67. The van der Waals surface area contributed by atoms with E-state index in [1.807, 2.05) is 69.6 Å².